The Labute approximate surface area is 114 Å². The minimum atomic E-state index is -0.192. The second kappa shape index (κ2) is 5.10. The molecule has 0 unspecified atom stereocenters. The topological polar surface area (TPSA) is 38.5 Å². The van der Waals surface area contributed by atoms with Crippen LogP contribution in [0.2, 0.25) is 0 Å². The highest BCUT2D eigenvalue weighted by atomic mass is 19.1. The summed E-state index contributed by atoms with van der Waals surface area (Å²) in [5.41, 5.74) is 8.44. The molecular weight excluding hydrogens is 243 g/mol. The van der Waals surface area contributed by atoms with E-state index in [4.69, 9.17) is 10.5 Å². The van der Waals surface area contributed by atoms with Gasteiger partial charge in [0.2, 0.25) is 0 Å². The van der Waals surface area contributed by atoms with Gasteiger partial charge in [0, 0.05) is 18.3 Å². The summed E-state index contributed by atoms with van der Waals surface area (Å²) in [6, 6.07) is 3.28. The zero-order valence-electron chi connectivity index (χ0n) is 12.2. The largest absolute Gasteiger partial charge is 0.377 e. The van der Waals surface area contributed by atoms with E-state index in [1.54, 1.807) is 13.0 Å². The van der Waals surface area contributed by atoms with E-state index in [0.717, 1.165) is 17.8 Å². The number of anilines is 1. The van der Waals surface area contributed by atoms with E-state index in [1.165, 1.54) is 0 Å². The molecule has 1 aromatic carbocycles. The van der Waals surface area contributed by atoms with Crippen molar-refractivity contribution < 1.29 is 9.13 Å². The number of rotatable bonds is 2. The van der Waals surface area contributed by atoms with Crippen molar-refractivity contribution in [3.8, 4) is 0 Å². The number of nitrogens with zero attached hydrogens (tertiary/aromatic N) is 1. The van der Waals surface area contributed by atoms with Gasteiger partial charge in [-0.3, -0.25) is 0 Å². The molecule has 2 N–H and O–H groups in total. The number of morpholine rings is 1. The Morgan fingerprint density at radius 2 is 2.11 bits per heavy atom. The van der Waals surface area contributed by atoms with Crippen molar-refractivity contribution in [2.45, 2.75) is 39.3 Å². The van der Waals surface area contributed by atoms with Crippen molar-refractivity contribution in [3.05, 3.63) is 29.1 Å². The number of aryl methyl sites for hydroxylation is 1. The summed E-state index contributed by atoms with van der Waals surface area (Å²) < 4.78 is 19.3. The van der Waals surface area contributed by atoms with Gasteiger partial charge in [-0.15, -0.1) is 0 Å². The van der Waals surface area contributed by atoms with Crippen molar-refractivity contribution >= 4 is 5.69 Å². The second-order valence-corrected chi connectivity index (χ2v) is 5.97. The third-order valence-corrected chi connectivity index (χ3v) is 3.73. The van der Waals surface area contributed by atoms with Crippen LogP contribution in [0.15, 0.2) is 12.1 Å². The van der Waals surface area contributed by atoms with E-state index < -0.39 is 0 Å². The van der Waals surface area contributed by atoms with E-state index in [2.05, 4.69) is 18.7 Å². The normalized spacial score (nSPS) is 20.4. The van der Waals surface area contributed by atoms with Crippen molar-refractivity contribution in [2.75, 3.05) is 24.7 Å². The van der Waals surface area contributed by atoms with Gasteiger partial charge in [0.1, 0.15) is 5.82 Å². The molecule has 0 spiro atoms. The van der Waals surface area contributed by atoms with Crippen molar-refractivity contribution in [1.82, 2.24) is 0 Å². The number of hydrogen-bond donors (Lipinski definition) is 1. The van der Waals surface area contributed by atoms with Gasteiger partial charge in [0.05, 0.1) is 18.8 Å². The van der Waals surface area contributed by atoms with Crippen molar-refractivity contribution in [2.24, 2.45) is 5.73 Å². The van der Waals surface area contributed by atoms with E-state index in [-0.39, 0.29) is 17.4 Å². The molecule has 0 amide bonds. The highest BCUT2D eigenvalue weighted by Crippen LogP contribution is 2.34. The second-order valence-electron chi connectivity index (χ2n) is 5.97. The summed E-state index contributed by atoms with van der Waals surface area (Å²) in [5.74, 6) is -0.192. The lowest BCUT2D eigenvalue weighted by atomic mass is 9.96. The average Bonchev–Trinajstić information content (AvgIpc) is 2.31. The highest BCUT2D eigenvalue weighted by Gasteiger charge is 2.32. The maximum atomic E-state index is 13.8. The monoisotopic (exact) mass is 266 g/mol. The molecule has 1 saturated heterocycles. The third-order valence-electron chi connectivity index (χ3n) is 3.73. The molecule has 106 valence electrons. The molecule has 1 aliphatic rings. The van der Waals surface area contributed by atoms with Crippen LogP contribution in [0.4, 0.5) is 10.1 Å². The predicted octanol–water partition coefficient (Wildman–Crippen LogP) is 2.77. The van der Waals surface area contributed by atoms with Gasteiger partial charge in [-0.05, 0) is 51.0 Å². The van der Waals surface area contributed by atoms with Crippen LogP contribution in [0.1, 0.15) is 37.9 Å². The van der Waals surface area contributed by atoms with E-state index in [0.29, 0.717) is 18.8 Å². The molecule has 1 heterocycles. The van der Waals surface area contributed by atoms with Gasteiger partial charge < -0.3 is 15.4 Å². The molecule has 0 radical (unpaired) electrons. The molecule has 19 heavy (non-hydrogen) atoms. The van der Waals surface area contributed by atoms with Crippen LogP contribution in [0.5, 0.6) is 0 Å². The molecule has 2 rings (SSSR count). The fourth-order valence-electron chi connectivity index (χ4n) is 2.59. The maximum Gasteiger partial charge on any atom is 0.126 e. The molecule has 0 aromatic heterocycles. The molecule has 0 aliphatic carbocycles. The lowest BCUT2D eigenvalue weighted by Gasteiger charge is -2.45. The maximum absolute atomic E-state index is 13.8. The van der Waals surface area contributed by atoms with E-state index in [1.807, 2.05) is 13.0 Å². The summed E-state index contributed by atoms with van der Waals surface area (Å²) in [5, 5.41) is 0. The Bertz CT molecular complexity index is 471. The van der Waals surface area contributed by atoms with Gasteiger partial charge in [-0.25, -0.2) is 4.39 Å². The van der Waals surface area contributed by atoms with Gasteiger partial charge in [0.15, 0.2) is 0 Å². The third kappa shape index (κ3) is 2.74. The minimum absolute atomic E-state index is 0.105. The van der Waals surface area contributed by atoms with Gasteiger partial charge in [-0.2, -0.15) is 0 Å². The van der Waals surface area contributed by atoms with Crippen LogP contribution in [0, 0.1) is 12.7 Å². The molecule has 3 nitrogen and oxygen atoms in total. The molecule has 1 aliphatic heterocycles. The first-order valence-corrected chi connectivity index (χ1v) is 6.74. The van der Waals surface area contributed by atoms with Gasteiger partial charge >= 0.3 is 0 Å². The van der Waals surface area contributed by atoms with Crippen LogP contribution in [-0.2, 0) is 4.74 Å². The van der Waals surface area contributed by atoms with Crippen LogP contribution in [0.3, 0.4) is 0 Å². The quantitative estimate of drug-likeness (QED) is 0.894. The minimum Gasteiger partial charge on any atom is -0.377 e. The Hall–Kier alpha value is -1.13. The Morgan fingerprint density at radius 1 is 1.42 bits per heavy atom. The summed E-state index contributed by atoms with van der Waals surface area (Å²) in [7, 11) is 0. The predicted molar refractivity (Wildman–Crippen MR) is 76.0 cm³/mol. The Balaban J connectivity index is 2.51. The number of benzene rings is 1. The fraction of sp³-hybridized carbons (Fsp3) is 0.600. The first-order chi connectivity index (χ1) is 8.83. The average molecular weight is 266 g/mol. The molecule has 4 heteroatoms. The first-order valence-electron chi connectivity index (χ1n) is 6.74. The molecule has 1 fully saturated rings. The van der Waals surface area contributed by atoms with Gasteiger partial charge in [-0.1, -0.05) is 0 Å². The number of nitrogens with two attached hydrogens (primary N) is 1. The van der Waals surface area contributed by atoms with Crippen molar-refractivity contribution in [1.29, 1.82) is 0 Å². The van der Waals surface area contributed by atoms with Crippen molar-refractivity contribution in [3.63, 3.8) is 0 Å². The summed E-state index contributed by atoms with van der Waals surface area (Å²) in [6.07, 6.45) is 0. The number of hydrogen-bond acceptors (Lipinski definition) is 3. The highest BCUT2D eigenvalue weighted by molar-refractivity contribution is 5.59. The number of ether oxygens (including phenoxy) is 1. The zero-order valence-corrected chi connectivity index (χ0v) is 12.2. The molecule has 0 saturated carbocycles. The van der Waals surface area contributed by atoms with Crippen LogP contribution < -0.4 is 10.6 Å². The molecule has 0 bridgehead atoms. The first kappa shape index (κ1) is 14.3. The lowest BCUT2D eigenvalue weighted by molar-refractivity contribution is 0.0642. The van der Waals surface area contributed by atoms with Crippen LogP contribution >= 0.6 is 0 Å². The lowest BCUT2D eigenvalue weighted by Crippen LogP contribution is -2.53. The molecular formula is C15H23FN2O. The van der Waals surface area contributed by atoms with E-state index >= 15 is 0 Å². The van der Waals surface area contributed by atoms with Gasteiger partial charge in [0.25, 0.3) is 0 Å². The summed E-state index contributed by atoms with van der Waals surface area (Å²) in [6.45, 7) is 10.1. The SMILES string of the molecule is Cc1cc(N2CCOCC2(C)C)c([C@H](C)N)cc1F. The summed E-state index contributed by atoms with van der Waals surface area (Å²) >= 11 is 0. The summed E-state index contributed by atoms with van der Waals surface area (Å²) in [4.78, 5) is 2.28. The van der Waals surface area contributed by atoms with E-state index in [9.17, 15) is 4.39 Å². The fourth-order valence-corrected chi connectivity index (χ4v) is 2.59. The number of halogens is 1. The molecule has 1 aromatic rings. The standard InChI is InChI=1S/C15H23FN2O/c1-10-7-14(12(11(2)17)8-13(10)16)18-5-6-19-9-15(18,3)4/h7-8,11H,5-6,9,17H2,1-4H3/t11-/m0/s1. The zero-order chi connectivity index (χ0) is 14.2. The Kier molecular flexibility index (Phi) is 3.83. The van der Waals surface area contributed by atoms with Crippen LogP contribution in [-0.4, -0.2) is 25.3 Å². The van der Waals surface area contributed by atoms with Crippen LogP contribution in [0.25, 0.3) is 0 Å². The molecule has 1 atom stereocenters. The smallest absolute Gasteiger partial charge is 0.126 e. The Morgan fingerprint density at radius 3 is 2.68 bits per heavy atom.